The van der Waals surface area contributed by atoms with Crippen molar-refractivity contribution in [1.29, 1.82) is 0 Å². The first kappa shape index (κ1) is 14.0. The molecule has 1 aromatic rings. The van der Waals surface area contributed by atoms with Crippen molar-refractivity contribution in [3.8, 4) is 0 Å². The van der Waals surface area contributed by atoms with E-state index >= 15 is 0 Å². The molecular weight excluding hydrogens is 381 g/mol. The summed E-state index contributed by atoms with van der Waals surface area (Å²) < 4.78 is 37.8. The number of hydrogen-bond acceptors (Lipinski definition) is 2. The zero-order valence-corrected chi connectivity index (χ0v) is 12.6. The molecule has 8 heteroatoms. The third-order valence-corrected chi connectivity index (χ3v) is 5.41. The van der Waals surface area contributed by atoms with Gasteiger partial charge in [0.2, 0.25) is 0 Å². The summed E-state index contributed by atoms with van der Waals surface area (Å²) in [6, 6.07) is 0.869. The Morgan fingerprint density at radius 1 is 1.50 bits per heavy atom. The third-order valence-electron chi connectivity index (χ3n) is 3.10. The van der Waals surface area contributed by atoms with Gasteiger partial charge in [0.05, 0.1) is 8.65 Å². The van der Waals surface area contributed by atoms with E-state index in [1.807, 2.05) is 0 Å². The molecule has 1 aliphatic carbocycles. The zero-order valence-electron chi connectivity index (χ0n) is 9.48. The average molecular weight is 390 g/mol. The molecule has 2 rings (SSSR count). The molecule has 0 N–H and O–H groups in total. The van der Waals surface area contributed by atoms with Crippen molar-refractivity contribution in [2.24, 2.45) is 5.41 Å². The van der Waals surface area contributed by atoms with Crippen LogP contribution in [0.5, 0.6) is 0 Å². The predicted octanol–water partition coefficient (Wildman–Crippen LogP) is 3.75. The van der Waals surface area contributed by atoms with E-state index in [9.17, 15) is 18.0 Å². The molecule has 1 heterocycles. The molecule has 0 amide bonds. The molecule has 1 atom stereocenters. The fourth-order valence-electron chi connectivity index (χ4n) is 1.68. The van der Waals surface area contributed by atoms with Gasteiger partial charge < -0.3 is 0 Å². The van der Waals surface area contributed by atoms with Gasteiger partial charge in [-0.25, -0.2) is 4.68 Å². The molecular formula is C10H9Br2F3N2O. The van der Waals surface area contributed by atoms with Crippen LogP contribution in [0.25, 0.3) is 0 Å². The van der Waals surface area contributed by atoms with Crippen LogP contribution in [0.15, 0.2) is 6.07 Å². The normalized spacial score (nSPS) is 26.2. The average Bonchev–Trinajstić information content (AvgIpc) is 2.57. The first-order valence-electron chi connectivity index (χ1n) is 5.05. The Morgan fingerprint density at radius 2 is 2.00 bits per heavy atom. The largest absolute Gasteiger partial charge is 0.435 e. The van der Waals surface area contributed by atoms with E-state index < -0.39 is 26.4 Å². The fraction of sp³-hybridized carbons (Fsp3) is 0.600. The molecule has 100 valence electrons. The first-order chi connectivity index (χ1) is 7.99. The van der Waals surface area contributed by atoms with Gasteiger partial charge in [-0.1, -0.05) is 31.9 Å². The quantitative estimate of drug-likeness (QED) is 0.685. The molecule has 1 saturated carbocycles. The lowest BCUT2D eigenvalue weighted by Gasteiger charge is -2.12. The Hall–Kier alpha value is -0.370. The molecule has 0 bridgehead atoms. The number of hydrogen-bond donors (Lipinski definition) is 0. The van der Waals surface area contributed by atoms with Gasteiger partial charge in [-0.05, 0) is 26.3 Å². The highest BCUT2D eigenvalue weighted by Crippen LogP contribution is 2.66. The number of carbonyl (C=O) groups excluding carboxylic acids is 1. The van der Waals surface area contributed by atoms with Crippen LogP contribution >= 0.6 is 31.9 Å². The van der Waals surface area contributed by atoms with Crippen molar-refractivity contribution in [2.45, 2.75) is 29.7 Å². The molecule has 0 aliphatic heterocycles. The Balaban J connectivity index is 2.36. The van der Waals surface area contributed by atoms with Crippen molar-refractivity contribution in [1.82, 2.24) is 9.78 Å². The van der Waals surface area contributed by atoms with Crippen LogP contribution in [-0.2, 0) is 6.18 Å². The summed E-state index contributed by atoms with van der Waals surface area (Å²) in [6.45, 7) is 3.10. The fourth-order valence-corrected chi connectivity index (χ4v) is 3.14. The molecule has 1 aromatic heterocycles. The molecule has 1 fully saturated rings. The standard InChI is InChI=1S/C10H9Br2F3N2O/c1-5-3-6(10(13,14)15)16-17(5)7(18)8(2)4-9(8,11)12/h3H,4H2,1-2H3. The van der Waals surface area contributed by atoms with E-state index in [0.717, 1.165) is 10.7 Å². The Bertz CT molecular complexity index is 524. The van der Waals surface area contributed by atoms with Gasteiger partial charge in [-0.15, -0.1) is 0 Å². The number of nitrogens with zero attached hydrogens (tertiary/aromatic N) is 2. The second-order valence-electron chi connectivity index (χ2n) is 4.60. The number of carbonyl (C=O) groups is 1. The van der Waals surface area contributed by atoms with Gasteiger partial charge >= 0.3 is 6.18 Å². The highest BCUT2D eigenvalue weighted by Gasteiger charge is 2.67. The minimum Gasteiger partial charge on any atom is -0.272 e. The lowest BCUT2D eigenvalue weighted by Crippen LogP contribution is -2.27. The Morgan fingerprint density at radius 3 is 2.33 bits per heavy atom. The van der Waals surface area contributed by atoms with Crippen LogP contribution in [-0.4, -0.2) is 18.9 Å². The smallest absolute Gasteiger partial charge is 0.272 e. The number of halogens is 5. The van der Waals surface area contributed by atoms with Crippen molar-refractivity contribution in [3.63, 3.8) is 0 Å². The molecule has 1 aliphatic rings. The summed E-state index contributed by atoms with van der Waals surface area (Å²) in [5.41, 5.74) is -1.66. The van der Waals surface area contributed by atoms with Crippen LogP contribution in [0, 0.1) is 12.3 Å². The van der Waals surface area contributed by atoms with Crippen LogP contribution in [0.3, 0.4) is 0 Å². The van der Waals surface area contributed by atoms with E-state index in [1.54, 1.807) is 6.92 Å². The van der Waals surface area contributed by atoms with Gasteiger partial charge in [0.25, 0.3) is 5.91 Å². The number of aromatic nitrogens is 2. The maximum atomic E-state index is 12.5. The second kappa shape index (κ2) is 3.82. The van der Waals surface area contributed by atoms with Crippen molar-refractivity contribution < 1.29 is 18.0 Å². The summed E-state index contributed by atoms with van der Waals surface area (Å²) >= 11 is 6.62. The predicted molar refractivity (Wildman–Crippen MR) is 65.9 cm³/mol. The minimum atomic E-state index is -4.54. The summed E-state index contributed by atoms with van der Waals surface area (Å²) in [6.07, 6.45) is -4.04. The monoisotopic (exact) mass is 388 g/mol. The van der Waals surface area contributed by atoms with Gasteiger partial charge in [0.1, 0.15) is 0 Å². The zero-order chi connectivity index (χ0) is 13.9. The minimum absolute atomic E-state index is 0.177. The lowest BCUT2D eigenvalue weighted by molar-refractivity contribution is -0.141. The van der Waals surface area contributed by atoms with Crippen molar-refractivity contribution in [2.75, 3.05) is 0 Å². The topological polar surface area (TPSA) is 34.9 Å². The second-order valence-corrected chi connectivity index (χ2v) is 8.37. The lowest BCUT2D eigenvalue weighted by atomic mass is 10.1. The van der Waals surface area contributed by atoms with Gasteiger partial charge in [-0.3, -0.25) is 4.79 Å². The Labute approximate surface area is 118 Å². The number of rotatable bonds is 1. The van der Waals surface area contributed by atoms with E-state index in [2.05, 4.69) is 37.0 Å². The summed E-state index contributed by atoms with van der Waals surface area (Å²) in [5, 5.41) is 3.35. The SMILES string of the molecule is Cc1cc(C(F)(F)F)nn1C(=O)C1(C)CC1(Br)Br. The molecule has 0 saturated heterocycles. The highest BCUT2D eigenvalue weighted by atomic mass is 79.9. The molecule has 1 unspecified atom stereocenters. The molecule has 18 heavy (non-hydrogen) atoms. The first-order valence-corrected chi connectivity index (χ1v) is 6.64. The van der Waals surface area contributed by atoms with E-state index in [4.69, 9.17) is 0 Å². The van der Waals surface area contributed by atoms with E-state index in [0.29, 0.717) is 6.42 Å². The van der Waals surface area contributed by atoms with E-state index in [-0.39, 0.29) is 5.69 Å². The summed E-state index contributed by atoms with van der Waals surface area (Å²) in [7, 11) is 0. The van der Waals surface area contributed by atoms with Gasteiger partial charge in [0.15, 0.2) is 5.69 Å². The molecule has 0 aromatic carbocycles. The van der Waals surface area contributed by atoms with Crippen LogP contribution in [0.2, 0.25) is 0 Å². The third kappa shape index (κ3) is 2.03. The maximum Gasteiger partial charge on any atom is 0.435 e. The van der Waals surface area contributed by atoms with Crippen molar-refractivity contribution in [3.05, 3.63) is 17.5 Å². The molecule has 3 nitrogen and oxygen atoms in total. The van der Waals surface area contributed by atoms with Crippen LogP contribution in [0.1, 0.15) is 29.5 Å². The van der Waals surface area contributed by atoms with Crippen LogP contribution in [0.4, 0.5) is 13.2 Å². The molecule has 0 radical (unpaired) electrons. The highest BCUT2D eigenvalue weighted by molar-refractivity contribution is 9.25. The van der Waals surface area contributed by atoms with Crippen LogP contribution < -0.4 is 0 Å². The Kier molecular flexibility index (Phi) is 2.98. The number of aryl methyl sites for hydroxylation is 1. The summed E-state index contributed by atoms with van der Waals surface area (Å²) in [4.78, 5) is 12.2. The van der Waals surface area contributed by atoms with Gasteiger partial charge in [-0.2, -0.15) is 18.3 Å². The van der Waals surface area contributed by atoms with Crippen molar-refractivity contribution >= 4 is 37.8 Å². The summed E-state index contributed by atoms with van der Waals surface area (Å²) in [5.74, 6) is -0.454. The maximum absolute atomic E-state index is 12.5. The van der Waals surface area contributed by atoms with E-state index in [1.165, 1.54) is 6.92 Å². The van der Waals surface area contributed by atoms with Gasteiger partial charge in [0, 0.05) is 5.69 Å². The number of alkyl halides is 5. The molecule has 0 spiro atoms.